The Labute approximate surface area is 132 Å². The van der Waals surface area contributed by atoms with E-state index in [0.29, 0.717) is 11.2 Å². The maximum absolute atomic E-state index is 5.61. The number of aromatic nitrogens is 1. The molecule has 0 saturated heterocycles. The highest BCUT2D eigenvalue weighted by molar-refractivity contribution is 7.41. The van der Waals surface area contributed by atoms with Crippen LogP contribution in [0.25, 0.3) is 10.9 Å². The smallest absolute Gasteiger partial charge is 0.361 e. The van der Waals surface area contributed by atoms with Gasteiger partial charge in [-0.25, -0.2) is 4.89 Å². The van der Waals surface area contributed by atoms with Crippen molar-refractivity contribution in [3.05, 3.63) is 36.0 Å². The summed E-state index contributed by atoms with van der Waals surface area (Å²) in [5.41, 5.74) is 2.50. The molecule has 1 N–H and O–H groups in total. The van der Waals surface area contributed by atoms with Crippen molar-refractivity contribution in [2.45, 2.75) is 6.42 Å². The Morgan fingerprint density at radius 2 is 1.95 bits per heavy atom. The number of para-hydroxylation sites is 1. The SMILES string of the molecule is COOP(OC)OC[N+](C)(C)CCc1c[nH]c2ccccc12. The van der Waals surface area contributed by atoms with E-state index in [1.807, 2.05) is 6.07 Å². The van der Waals surface area contributed by atoms with E-state index in [-0.39, 0.29) is 0 Å². The third-order valence-corrected chi connectivity index (χ3v) is 4.35. The van der Waals surface area contributed by atoms with E-state index in [0.717, 1.165) is 13.0 Å². The van der Waals surface area contributed by atoms with Gasteiger partial charge in [-0.1, -0.05) is 18.2 Å². The predicted molar refractivity (Wildman–Crippen MR) is 87.0 cm³/mol. The normalized spacial score (nSPS) is 13.6. The Kier molecular flexibility index (Phi) is 6.32. The van der Waals surface area contributed by atoms with Gasteiger partial charge in [-0.05, 0) is 11.6 Å². The van der Waals surface area contributed by atoms with Gasteiger partial charge >= 0.3 is 8.60 Å². The second-order valence-corrected chi connectivity index (χ2v) is 6.89. The van der Waals surface area contributed by atoms with Crippen LogP contribution in [0.15, 0.2) is 30.5 Å². The van der Waals surface area contributed by atoms with E-state index in [2.05, 4.69) is 48.4 Å². The zero-order valence-electron chi connectivity index (χ0n) is 13.5. The van der Waals surface area contributed by atoms with E-state index in [9.17, 15) is 0 Å². The Morgan fingerprint density at radius 3 is 2.68 bits per heavy atom. The highest BCUT2D eigenvalue weighted by Gasteiger charge is 2.21. The molecule has 1 heterocycles. The van der Waals surface area contributed by atoms with E-state index in [1.54, 1.807) is 0 Å². The molecule has 2 aromatic rings. The van der Waals surface area contributed by atoms with Crippen LogP contribution in [-0.2, 0) is 25.0 Å². The predicted octanol–water partition coefficient (Wildman–Crippen LogP) is 3.21. The minimum atomic E-state index is -1.45. The quantitative estimate of drug-likeness (QED) is 0.253. The molecule has 6 nitrogen and oxygen atoms in total. The van der Waals surface area contributed by atoms with Crippen molar-refractivity contribution >= 4 is 19.5 Å². The average Bonchev–Trinajstić information content (AvgIpc) is 2.93. The first-order valence-corrected chi connectivity index (χ1v) is 8.20. The molecule has 122 valence electrons. The van der Waals surface area contributed by atoms with E-state index in [4.69, 9.17) is 13.7 Å². The number of benzene rings is 1. The van der Waals surface area contributed by atoms with Crippen LogP contribution in [0, 0.1) is 0 Å². The van der Waals surface area contributed by atoms with Gasteiger partial charge in [0.1, 0.15) is 0 Å². The molecule has 22 heavy (non-hydrogen) atoms. The Bertz CT molecular complexity index is 588. The summed E-state index contributed by atoms with van der Waals surface area (Å²) in [5, 5.41) is 1.28. The monoisotopic (exact) mass is 327 g/mol. The van der Waals surface area contributed by atoms with Crippen LogP contribution in [0.2, 0.25) is 0 Å². The Balaban J connectivity index is 1.89. The van der Waals surface area contributed by atoms with Gasteiger partial charge in [0.15, 0.2) is 6.73 Å². The molecule has 1 aromatic carbocycles. The summed E-state index contributed by atoms with van der Waals surface area (Å²) in [5.74, 6) is 0. The number of nitrogens with one attached hydrogen (secondary N) is 1. The first-order valence-electron chi connectivity index (χ1n) is 7.10. The molecular weight excluding hydrogens is 303 g/mol. The number of hydrogen-bond donors (Lipinski definition) is 1. The zero-order valence-corrected chi connectivity index (χ0v) is 14.4. The zero-order chi connectivity index (χ0) is 16.0. The molecule has 0 saturated carbocycles. The molecule has 0 aliphatic rings. The number of hydrogen-bond acceptors (Lipinski definition) is 4. The van der Waals surface area contributed by atoms with Crippen molar-refractivity contribution in [1.29, 1.82) is 0 Å². The molecule has 0 spiro atoms. The summed E-state index contributed by atoms with van der Waals surface area (Å²) in [6, 6.07) is 8.35. The topological polar surface area (TPSA) is 52.7 Å². The second-order valence-electron chi connectivity index (χ2n) is 5.67. The Hall–Kier alpha value is -1.01. The number of likely N-dealkylation sites (N-methyl/N-ethyl adjacent to an activating group) is 1. The maximum atomic E-state index is 5.61. The molecule has 7 heteroatoms. The Morgan fingerprint density at radius 1 is 1.18 bits per heavy atom. The molecule has 1 atom stereocenters. The minimum absolute atomic E-state index is 0.491. The van der Waals surface area contributed by atoms with Gasteiger partial charge in [-0.2, -0.15) is 4.67 Å². The number of H-pyrrole nitrogens is 1. The maximum Gasteiger partial charge on any atom is 0.367 e. The number of nitrogens with zero attached hydrogens (tertiary/aromatic N) is 1. The fourth-order valence-electron chi connectivity index (χ4n) is 2.20. The molecule has 0 fully saturated rings. The highest BCUT2D eigenvalue weighted by atomic mass is 31.2. The van der Waals surface area contributed by atoms with E-state index >= 15 is 0 Å². The largest absolute Gasteiger partial charge is 0.367 e. The molecule has 0 amide bonds. The first kappa shape index (κ1) is 17.3. The van der Waals surface area contributed by atoms with Crippen molar-refractivity contribution in [2.75, 3.05) is 41.6 Å². The van der Waals surface area contributed by atoms with Crippen LogP contribution in [0.3, 0.4) is 0 Å². The van der Waals surface area contributed by atoms with Gasteiger partial charge in [0, 0.05) is 30.6 Å². The number of quaternary nitrogens is 1. The highest BCUT2D eigenvalue weighted by Crippen LogP contribution is 2.38. The van der Waals surface area contributed by atoms with Crippen LogP contribution < -0.4 is 0 Å². The lowest BCUT2D eigenvalue weighted by Crippen LogP contribution is -2.42. The number of fused-ring (bicyclic) bond motifs is 1. The van der Waals surface area contributed by atoms with Crippen LogP contribution in [-0.4, -0.2) is 51.1 Å². The van der Waals surface area contributed by atoms with Gasteiger partial charge in [0.05, 0.1) is 27.7 Å². The van der Waals surface area contributed by atoms with Crippen molar-refractivity contribution in [3.63, 3.8) is 0 Å². The molecule has 0 bridgehead atoms. The number of rotatable bonds is 9. The third-order valence-electron chi connectivity index (χ3n) is 3.46. The molecule has 2 rings (SSSR count). The summed E-state index contributed by atoms with van der Waals surface area (Å²) in [6.45, 7) is 1.44. The first-order chi connectivity index (χ1) is 10.6. The fraction of sp³-hybridized carbons (Fsp3) is 0.467. The summed E-state index contributed by atoms with van der Waals surface area (Å²) in [4.78, 5) is 7.90. The summed E-state index contributed by atoms with van der Waals surface area (Å²) in [7, 11) is 5.76. The summed E-state index contributed by atoms with van der Waals surface area (Å²) >= 11 is 0. The lowest BCUT2D eigenvalue weighted by molar-refractivity contribution is -0.906. The summed E-state index contributed by atoms with van der Waals surface area (Å²) in [6.07, 6.45) is 3.05. The van der Waals surface area contributed by atoms with E-state index in [1.165, 1.54) is 30.7 Å². The second kappa shape index (κ2) is 8.02. The van der Waals surface area contributed by atoms with Crippen LogP contribution >= 0.6 is 8.60 Å². The van der Waals surface area contributed by atoms with Crippen molar-refractivity contribution in [3.8, 4) is 0 Å². The lowest BCUT2D eigenvalue weighted by Gasteiger charge is -2.29. The fourth-order valence-corrected chi connectivity index (χ4v) is 2.93. The molecule has 0 radical (unpaired) electrons. The third kappa shape index (κ3) is 4.74. The average molecular weight is 327 g/mol. The van der Waals surface area contributed by atoms with Gasteiger partial charge < -0.3 is 14.0 Å². The van der Waals surface area contributed by atoms with Crippen LogP contribution in [0.1, 0.15) is 5.56 Å². The molecule has 0 aliphatic carbocycles. The van der Waals surface area contributed by atoms with Gasteiger partial charge in [-0.15, -0.1) is 0 Å². The molecule has 0 aliphatic heterocycles. The minimum Gasteiger partial charge on any atom is -0.361 e. The van der Waals surface area contributed by atoms with Crippen molar-refractivity contribution in [2.24, 2.45) is 0 Å². The molecule has 1 aromatic heterocycles. The van der Waals surface area contributed by atoms with Crippen molar-refractivity contribution in [1.82, 2.24) is 4.98 Å². The summed E-state index contributed by atoms with van der Waals surface area (Å²) < 4.78 is 16.3. The molecular formula is C15H24N2O4P+. The lowest BCUT2D eigenvalue weighted by atomic mass is 10.1. The van der Waals surface area contributed by atoms with Crippen LogP contribution in [0.4, 0.5) is 0 Å². The number of aromatic amines is 1. The molecule has 1 unspecified atom stereocenters. The van der Waals surface area contributed by atoms with Crippen LogP contribution in [0.5, 0.6) is 0 Å². The van der Waals surface area contributed by atoms with Gasteiger partial charge in [0.25, 0.3) is 0 Å². The van der Waals surface area contributed by atoms with Gasteiger partial charge in [0.2, 0.25) is 0 Å². The van der Waals surface area contributed by atoms with E-state index < -0.39 is 8.60 Å². The van der Waals surface area contributed by atoms with Crippen molar-refractivity contribution < 1.29 is 23.1 Å². The van der Waals surface area contributed by atoms with Gasteiger partial charge in [-0.3, -0.25) is 4.52 Å². The standard InChI is InChI=1S/C15H24N2O4P/c1-17(2,12-20-22(19-4)21-18-3)10-9-13-11-16-15-8-6-5-7-14(13)15/h5-8,11,16H,9-10,12H2,1-4H3/q+1.